The van der Waals surface area contributed by atoms with Crippen molar-refractivity contribution < 1.29 is 9.53 Å². The first kappa shape index (κ1) is 14.4. The van der Waals surface area contributed by atoms with Crippen LogP contribution in [-0.4, -0.2) is 22.8 Å². The highest BCUT2D eigenvalue weighted by Crippen LogP contribution is 2.27. The van der Waals surface area contributed by atoms with Crippen LogP contribution < -0.4 is 10.1 Å². The van der Waals surface area contributed by atoms with E-state index in [2.05, 4.69) is 10.4 Å². The van der Waals surface area contributed by atoms with Crippen molar-refractivity contribution in [3.8, 4) is 5.75 Å². The van der Waals surface area contributed by atoms with Crippen molar-refractivity contribution in [2.75, 3.05) is 12.4 Å². The summed E-state index contributed by atoms with van der Waals surface area (Å²) in [4.78, 5) is 12.0. The molecular weight excluding hydrogens is 278 g/mol. The summed E-state index contributed by atoms with van der Waals surface area (Å²) >= 11 is 6.01. The van der Waals surface area contributed by atoms with Gasteiger partial charge in [-0.1, -0.05) is 11.6 Å². The van der Waals surface area contributed by atoms with Crippen molar-refractivity contribution in [2.24, 2.45) is 0 Å². The van der Waals surface area contributed by atoms with Gasteiger partial charge in [0.1, 0.15) is 5.75 Å². The average molecular weight is 294 g/mol. The number of amides is 1. The Morgan fingerprint density at radius 3 is 2.95 bits per heavy atom. The first-order chi connectivity index (χ1) is 9.60. The molecule has 6 heteroatoms. The molecule has 1 unspecified atom stereocenters. The van der Waals surface area contributed by atoms with Gasteiger partial charge in [0, 0.05) is 24.5 Å². The SMILES string of the molecule is COc1ccc(NC(=O)CC(C)n2cccn2)cc1Cl. The fourth-order valence-corrected chi connectivity index (χ4v) is 2.12. The van der Waals surface area contributed by atoms with Gasteiger partial charge in [0.2, 0.25) is 5.91 Å². The molecule has 1 heterocycles. The number of anilines is 1. The third-order valence-electron chi connectivity index (χ3n) is 2.89. The standard InChI is InChI=1S/C14H16ClN3O2/c1-10(18-7-3-6-16-18)8-14(19)17-11-4-5-13(20-2)12(15)9-11/h3-7,9-10H,8H2,1-2H3,(H,17,19). The van der Waals surface area contributed by atoms with Gasteiger partial charge in [-0.3, -0.25) is 9.48 Å². The monoisotopic (exact) mass is 293 g/mol. The van der Waals surface area contributed by atoms with Gasteiger partial charge in [0.05, 0.1) is 18.2 Å². The topological polar surface area (TPSA) is 56.1 Å². The smallest absolute Gasteiger partial charge is 0.226 e. The molecule has 20 heavy (non-hydrogen) atoms. The number of aromatic nitrogens is 2. The van der Waals surface area contributed by atoms with Crippen LogP contribution in [0, 0.1) is 0 Å². The Balaban J connectivity index is 1.96. The van der Waals surface area contributed by atoms with E-state index in [0.717, 1.165) is 0 Å². The van der Waals surface area contributed by atoms with Crippen molar-refractivity contribution >= 4 is 23.2 Å². The van der Waals surface area contributed by atoms with E-state index in [1.807, 2.05) is 19.2 Å². The number of nitrogens with one attached hydrogen (secondary N) is 1. The van der Waals surface area contributed by atoms with Gasteiger partial charge < -0.3 is 10.1 Å². The van der Waals surface area contributed by atoms with E-state index in [0.29, 0.717) is 22.9 Å². The number of halogens is 1. The maximum Gasteiger partial charge on any atom is 0.226 e. The number of carbonyl (C=O) groups excluding carboxylic acids is 1. The number of rotatable bonds is 5. The minimum Gasteiger partial charge on any atom is -0.495 e. The Hall–Kier alpha value is -2.01. The van der Waals surface area contributed by atoms with E-state index in [1.165, 1.54) is 0 Å². The van der Waals surface area contributed by atoms with E-state index < -0.39 is 0 Å². The summed E-state index contributed by atoms with van der Waals surface area (Å²) in [5, 5.41) is 7.38. The zero-order valence-corrected chi connectivity index (χ0v) is 12.1. The second kappa shape index (κ2) is 6.43. The quantitative estimate of drug-likeness (QED) is 0.921. The minimum atomic E-state index is -0.0887. The summed E-state index contributed by atoms with van der Waals surface area (Å²) in [6.07, 6.45) is 3.87. The molecule has 0 saturated carbocycles. The lowest BCUT2D eigenvalue weighted by Crippen LogP contribution is -2.17. The van der Waals surface area contributed by atoms with E-state index in [1.54, 1.807) is 36.2 Å². The molecule has 0 saturated heterocycles. The lowest BCUT2D eigenvalue weighted by atomic mass is 10.2. The second-order valence-electron chi connectivity index (χ2n) is 4.44. The summed E-state index contributed by atoms with van der Waals surface area (Å²) in [5.41, 5.74) is 0.647. The van der Waals surface area contributed by atoms with Crippen molar-refractivity contribution in [3.05, 3.63) is 41.7 Å². The van der Waals surface area contributed by atoms with Crippen LogP contribution in [0.3, 0.4) is 0 Å². The molecule has 2 rings (SSSR count). The molecule has 0 fully saturated rings. The maximum absolute atomic E-state index is 12.0. The molecule has 0 bridgehead atoms. The Kier molecular flexibility index (Phi) is 4.63. The lowest BCUT2D eigenvalue weighted by molar-refractivity contribution is -0.116. The molecule has 0 aliphatic carbocycles. The molecule has 106 valence electrons. The number of hydrogen-bond donors (Lipinski definition) is 1. The van der Waals surface area contributed by atoms with Gasteiger partial charge in [0.15, 0.2) is 0 Å². The van der Waals surface area contributed by atoms with Crippen LogP contribution in [0.25, 0.3) is 0 Å². The molecule has 1 N–H and O–H groups in total. The normalized spacial score (nSPS) is 11.9. The van der Waals surface area contributed by atoms with Crippen LogP contribution >= 0.6 is 11.6 Å². The van der Waals surface area contributed by atoms with Gasteiger partial charge in [-0.15, -0.1) is 0 Å². The van der Waals surface area contributed by atoms with Gasteiger partial charge in [-0.05, 0) is 31.2 Å². The summed E-state index contributed by atoms with van der Waals surface area (Å²) in [6.45, 7) is 1.94. The molecular formula is C14H16ClN3O2. The largest absolute Gasteiger partial charge is 0.495 e. The van der Waals surface area contributed by atoms with Crippen molar-refractivity contribution in [1.82, 2.24) is 9.78 Å². The van der Waals surface area contributed by atoms with Gasteiger partial charge in [-0.2, -0.15) is 5.10 Å². The summed E-state index contributed by atoms with van der Waals surface area (Å²) in [7, 11) is 1.55. The number of methoxy groups -OCH3 is 1. The van der Waals surface area contributed by atoms with Gasteiger partial charge in [0.25, 0.3) is 0 Å². The van der Waals surface area contributed by atoms with E-state index in [-0.39, 0.29) is 11.9 Å². The molecule has 1 aromatic carbocycles. The summed E-state index contributed by atoms with van der Waals surface area (Å²) in [5.74, 6) is 0.490. The third-order valence-corrected chi connectivity index (χ3v) is 3.19. The fourth-order valence-electron chi connectivity index (χ4n) is 1.86. The van der Waals surface area contributed by atoms with Crippen LogP contribution in [0.5, 0.6) is 5.75 Å². The predicted molar refractivity (Wildman–Crippen MR) is 78.2 cm³/mol. The Labute approximate surface area is 122 Å². The number of nitrogens with zero attached hydrogens (tertiary/aromatic N) is 2. The van der Waals surface area contributed by atoms with Crippen LogP contribution in [-0.2, 0) is 4.79 Å². The molecule has 0 aliphatic heterocycles. The number of benzene rings is 1. The highest BCUT2D eigenvalue weighted by Gasteiger charge is 2.11. The number of hydrogen-bond acceptors (Lipinski definition) is 3. The average Bonchev–Trinajstić information content (AvgIpc) is 2.92. The summed E-state index contributed by atoms with van der Waals surface area (Å²) in [6, 6.07) is 6.96. The van der Waals surface area contributed by atoms with Crippen LogP contribution in [0.4, 0.5) is 5.69 Å². The Morgan fingerprint density at radius 2 is 2.35 bits per heavy atom. The van der Waals surface area contributed by atoms with Gasteiger partial charge >= 0.3 is 0 Å². The van der Waals surface area contributed by atoms with Crippen molar-refractivity contribution in [1.29, 1.82) is 0 Å². The highest BCUT2D eigenvalue weighted by atomic mass is 35.5. The molecule has 2 aromatic rings. The fraction of sp³-hybridized carbons (Fsp3) is 0.286. The van der Waals surface area contributed by atoms with Crippen molar-refractivity contribution in [2.45, 2.75) is 19.4 Å². The maximum atomic E-state index is 12.0. The van der Waals surface area contributed by atoms with E-state index >= 15 is 0 Å². The van der Waals surface area contributed by atoms with Gasteiger partial charge in [-0.25, -0.2) is 0 Å². The Morgan fingerprint density at radius 1 is 1.55 bits per heavy atom. The molecule has 0 aliphatic rings. The molecule has 1 amide bonds. The van der Waals surface area contributed by atoms with Crippen LogP contribution in [0.2, 0.25) is 5.02 Å². The number of ether oxygens (including phenoxy) is 1. The third kappa shape index (κ3) is 3.51. The van der Waals surface area contributed by atoms with E-state index in [9.17, 15) is 4.79 Å². The number of carbonyl (C=O) groups is 1. The van der Waals surface area contributed by atoms with Crippen LogP contribution in [0.1, 0.15) is 19.4 Å². The molecule has 0 spiro atoms. The lowest BCUT2D eigenvalue weighted by Gasteiger charge is -2.12. The second-order valence-corrected chi connectivity index (χ2v) is 4.84. The first-order valence-electron chi connectivity index (χ1n) is 6.22. The predicted octanol–water partition coefficient (Wildman–Crippen LogP) is 3.13. The van der Waals surface area contributed by atoms with Crippen molar-refractivity contribution in [3.63, 3.8) is 0 Å². The molecule has 1 aromatic heterocycles. The highest BCUT2D eigenvalue weighted by molar-refractivity contribution is 6.32. The van der Waals surface area contributed by atoms with E-state index in [4.69, 9.17) is 16.3 Å². The summed E-state index contributed by atoms with van der Waals surface area (Å²) < 4.78 is 6.81. The zero-order chi connectivity index (χ0) is 14.5. The zero-order valence-electron chi connectivity index (χ0n) is 11.3. The molecule has 5 nitrogen and oxygen atoms in total. The molecule has 1 atom stereocenters. The molecule has 0 radical (unpaired) electrons. The first-order valence-corrected chi connectivity index (χ1v) is 6.60. The van der Waals surface area contributed by atoms with Crippen LogP contribution in [0.15, 0.2) is 36.7 Å². The Bertz CT molecular complexity index is 584. The minimum absolute atomic E-state index is 0.00118.